The van der Waals surface area contributed by atoms with Gasteiger partial charge in [0.05, 0.1) is 0 Å². The van der Waals surface area contributed by atoms with Crippen molar-refractivity contribution in [1.29, 1.82) is 0 Å². The van der Waals surface area contributed by atoms with Gasteiger partial charge < -0.3 is 0 Å². The van der Waals surface area contributed by atoms with E-state index >= 15 is 0 Å². The van der Waals surface area contributed by atoms with E-state index < -0.39 is 0 Å². The highest BCUT2D eigenvalue weighted by atomic mass is 79.9. The Labute approximate surface area is 94.3 Å². The standard InChI is InChI=1S/C9H5BrClN3/c10-7-3-6(4-12-5-7)9-13-2-1-8(11)14-9/h1-5H. The summed E-state index contributed by atoms with van der Waals surface area (Å²) in [4.78, 5) is 12.2. The van der Waals surface area contributed by atoms with Crippen molar-refractivity contribution in [3.63, 3.8) is 0 Å². The molecule has 0 amide bonds. The SMILES string of the molecule is Clc1ccnc(-c2cncc(Br)c2)n1. The van der Waals surface area contributed by atoms with Gasteiger partial charge >= 0.3 is 0 Å². The third-order valence-electron chi connectivity index (χ3n) is 1.58. The molecule has 5 heteroatoms. The van der Waals surface area contributed by atoms with Crippen molar-refractivity contribution < 1.29 is 0 Å². The van der Waals surface area contributed by atoms with Gasteiger partial charge in [0.2, 0.25) is 0 Å². The summed E-state index contributed by atoms with van der Waals surface area (Å²) < 4.78 is 0.888. The Morgan fingerprint density at radius 3 is 2.86 bits per heavy atom. The van der Waals surface area contributed by atoms with Crippen LogP contribution < -0.4 is 0 Å². The van der Waals surface area contributed by atoms with Gasteiger partial charge in [-0.25, -0.2) is 9.97 Å². The lowest BCUT2D eigenvalue weighted by Crippen LogP contribution is -1.88. The largest absolute Gasteiger partial charge is 0.263 e. The fourth-order valence-electron chi connectivity index (χ4n) is 1.01. The minimum atomic E-state index is 0.426. The van der Waals surface area contributed by atoms with E-state index in [0.717, 1.165) is 10.0 Å². The molecule has 2 rings (SSSR count). The molecular weight excluding hydrogens is 265 g/mol. The van der Waals surface area contributed by atoms with Crippen molar-refractivity contribution in [2.45, 2.75) is 0 Å². The monoisotopic (exact) mass is 269 g/mol. The molecule has 0 aromatic carbocycles. The lowest BCUT2D eigenvalue weighted by atomic mass is 10.3. The van der Waals surface area contributed by atoms with Crippen LogP contribution in [0.15, 0.2) is 35.2 Å². The third-order valence-corrected chi connectivity index (χ3v) is 2.23. The molecule has 0 radical (unpaired) electrons. The lowest BCUT2D eigenvalue weighted by Gasteiger charge is -1.99. The molecule has 0 bridgehead atoms. The van der Waals surface area contributed by atoms with Crippen molar-refractivity contribution in [3.8, 4) is 11.4 Å². The molecule has 0 aliphatic rings. The number of rotatable bonds is 1. The van der Waals surface area contributed by atoms with Gasteiger partial charge in [-0.2, -0.15) is 0 Å². The van der Waals surface area contributed by atoms with Crippen LogP contribution in [0.25, 0.3) is 11.4 Å². The van der Waals surface area contributed by atoms with Crippen LogP contribution in [-0.2, 0) is 0 Å². The van der Waals surface area contributed by atoms with Gasteiger partial charge in [0.25, 0.3) is 0 Å². The van der Waals surface area contributed by atoms with Crippen molar-refractivity contribution in [2.75, 3.05) is 0 Å². The normalized spacial score (nSPS) is 10.1. The third kappa shape index (κ3) is 2.08. The van der Waals surface area contributed by atoms with Gasteiger partial charge in [0, 0.05) is 28.6 Å². The molecule has 0 unspecified atom stereocenters. The minimum absolute atomic E-state index is 0.426. The molecule has 0 N–H and O–H groups in total. The van der Waals surface area contributed by atoms with Crippen molar-refractivity contribution in [1.82, 2.24) is 15.0 Å². The zero-order valence-corrected chi connectivity index (χ0v) is 9.33. The molecular formula is C9H5BrClN3. The second kappa shape index (κ2) is 4.02. The second-order valence-electron chi connectivity index (χ2n) is 2.59. The Bertz CT molecular complexity index is 418. The summed E-state index contributed by atoms with van der Waals surface area (Å²) in [6.45, 7) is 0. The molecule has 0 fully saturated rings. The second-order valence-corrected chi connectivity index (χ2v) is 3.90. The highest BCUT2D eigenvalue weighted by molar-refractivity contribution is 9.10. The Kier molecular flexibility index (Phi) is 2.74. The molecule has 0 spiro atoms. The molecule has 14 heavy (non-hydrogen) atoms. The summed E-state index contributed by atoms with van der Waals surface area (Å²) in [7, 11) is 0. The summed E-state index contributed by atoms with van der Waals surface area (Å²) >= 11 is 9.08. The highest BCUT2D eigenvalue weighted by Gasteiger charge is 2.02. The number of hydrogen-bond donors (Lipinski definition) is 0. The number of nitrogens with zero attached hydrogens (tertiary/aromatic N) is 3. The summed E-state index contributed by atoms with van der Waals surface area (Å²) in [6.07, 6.45) is 5.01. The molecule has 3 nitrogen and oxygen atoms in total. The molecule has 0 saturated carbocycles. The fourth-order valence-corrected chi connectivity index (χ4v) is 1.51. The number of aromatic nitrogens is 3. The minimum Gasteiger partial charge on any atom is -0.263 e. The molecule has 70 valence electrons. The van der Waals surface area contributed by atoms with E-state index in [-0.39, 0.29) is 0 Å². The van der Waals surface area contributed by atoms with E-state index in [1.54, 1.807) is 24.7 Å². The van der Waals surface area contributed by atoms with Gasteiger partial charge in [-0.3, -0.25) is 4.98 Å². The van der Waals surface area contributed by atoms with E-state index in [9.17, 15) is 0 Å². The molecule has 0 aliphatic carbocycles. The van der Waals surface area contributed by atoms with Crippen LogP contribution in [0.5, 0.6) is 0 Å². The Morgan fingerprint density at radius 1 is 1.29 bits per heavy atom. The van der Waals surface area contributed by atoms with Crippen molar-refractivity contribution in [3.05, 3.63) is 40.3 Å². The first kappa shape index (κ1) is 9.55. The maximum absolute atomic E-state index is 5.75. The first-order valence-corrected chi connectivity index (χ1v) is 5.02. The first-order valence-electron chi connectivity index (χ1n) is 3.85. The fraction of sp³-hybridized carbons (Fsp3) is 0. The summed E-state index contributed by atoms with van der Waals surface area (Å²) in [5.74, 6) is 0.575. The summed E-state index contributed by atoms with van der Waals surface area (Å²) in [6, 6.07) is 3.52. The highest BCUT2D eigenvalue weighted by Crippen LogP contribution is 2.18. The van der Waals surface area contributed by atoms with Crippen LogP contribution in [0.4, 0.5) is 0 Å². The Hall–Kier alpha value is -1.00. The van der Waals surface area contributed by atoms with Crippen LogP contribution in [0.2, 0.25) is 5.15 Å². The molecule has 2 heterocycles. The van der Waals surface area contributed by atoms with E-state index in [2.05, 4.69) is 30.9 Å². The van der Waals surface area contributed by atoms with Crippen LogP contribution in [-0.4, -0.2) is 15.0 Å². The predicted octanol–water partition coefficient (Wildman–Crippen LogP) is 2.95. The predicted molar refractivity (Wildman–Crippen MR) is 58.0 cm³/mol. The molecule has 2 aromatic heterocycles. The van der Waals surface area contributed by atoms with Gasteiger partial charge in [-0.15, -0.1) is 0 Å². The van der Waals surface area contributed by atoms with Crippen LogP contribution in [0.1, 0.15) is 0 Å². The molecule has 0 atom stereocenters. The zero-order valence-electron chi connectivity index (χ0n) is 6.98. The van der Waals surface area contributed by atoms with E-state index in [0.29, 0.717) is 11.0 Å². The van der Waals surface area contributed by atoms with E-state index in [1.807, 2.05) is 6.07 Å². The van der Waals surface area contributed by atoms with Crippen LogP contribution >= 0.6 is 27.5 Å². The summed E-state index contributed by atoms with van der Waals surface area (Å²) in [5.41, 5.74) is 0.835. The van der Waals surface area contributed by atoms with Crippen molar-refractivity contribution >= 4 is 27.5 Å². The smallest absolute Gasteiger partial charge is 0.162 e. The zero-order chi connectivity index (χ0) is 9.97. The maximum Gasteiger partial charge on any atom is 0.162 e. The van der Waals surface area contributed by atoms with Crippen LogP contribution in [0.3, 0.4) is 0 Å². The van der Waals surface area contributed by atoms with Crippen molar-refractivity contribution in [2.24, 2.45) is 0 Å². The van der Waals surface area contributed by atoms with Gasteiger partial charge in [0.1, 0.15) is 5.15 Å². The van der Waals surface area contributed by atoms with Gasteiger partial charge in [-0.05, 0) is 28.1 Å². The average Bonchev–Trinajstić information content (AvgIpc) is 2.18. The quantitative estimate of drug-likeness (QED) is 0.748. The maximum atomic E-state index is 5.75. The van der Waals surface area contributed by atoms with Gasteiger partial charge in [-0.1, -0.05) is 11.6 Å². The topological polar surface area (TPSA) is 38.7 Å². The van der Waals surface area contributed by atoms with E-state index in [4.69, 9.17) is 11.6 Å². The van der Waals surface area contributed by atoms with Crippen LogP contribution in [0, 0.1) is 0 Å². The van der Waals surface area contributed by atoms with Gasteiger partial charge in [0.15, 0.2) is 5.82 Å². The molecule has 0 aliphatic heterocycles. The number of hydrogen-bond acceptors (Lipinski definition) is 3. The number of pyridine rings is 1. The Balaban J connectivity index is 2.49. The number of halogens is 2. The average molecular weight is 271 g/mol. The molecule has 0 saturated heterocycles. The first-order chi connectivity index (χ1) is 6.75. The lowest BCUT2D eigenvalue weighted by molar-refractivity contribution is 1.16. The summed E-state index contributed by atoms with van der Waals surface area (Å²) in [5, 5.41) is 0.426. The Morgan fingerprint density at radius 2 is 2.14 bits per heavy atom. The molecule has 2 aromatic rings. The van der Waals surface area contributed by atoms with E-state index in [1.165, 1.54) is 0 Å².